The fourth-order valence-corrected chi connectivity index (χ4v) is 3.69. The Hall–Kier alpha value is -1.82. The standard InChI is InChI=1S/C19H18/c1-14-11-19(12-14)13-18(19)17-9-7-16(8-10-17)15-5-3-2-4-6-15/h2-10,18H,1,11-13H2. The third-order valence-corrected chi connectivity index (χ3v) is 4.81. The monoisotopic (exact) mass is 246 g/mol. The maximum atomic E-state index is 4.08. The summed E-state index contributed by atoms with van der Waals surface area (Å²) in [4.78, 5) is 0. The molecule has 2 saturated carbocycles. The van der Waals surface area contributed by atoms with Crippen molar-refractivity contribution < 1.29 is 0 Å². The van der Waals surface area contributed by atoms with Crippen molar-refractivity contribution in [2.24, 2.45) is 5.41 Å². The molecule has 2 aliphatic rings. The quantitative estimate of drug-likeness (QED) is 0.641. The minimum Gasteiger partial charge on any atom is -0.0998 e. The van der Waals surface area contributed by atoms with Crippen LogP contribution in [0.15, 0.2) is 66.7 Å². The van der Waals surface area contributed by atoms with Crippen molar-refractivity contribution in [1.82, 2.24) is 0 Å². The van der Waals surface area contributed by atoms with Gasteiger partial charge in [0.1, 0.15) is 0 Å². The van der Waals surface area contributed by atoms with Crippen LogP contribution in [0, 0.1) is 5.41 Å². The van der Waals surface area contributed by atoms with Crippen LogP contribution >= 0.6 is 0 Å². The molecule has 0 N–H and O–H groups in total. The summed E-state index contributed by atoms with van der Waals surface area (Å²) >= 11 is 0. The average molecular weight is 246 g/mol. The number of rotatable bonds is 2. The first-order valence-corrected chi connectivity index (χ1v) is 7.09. The van der Waals surface area contributed by atoms with E-state index in [9.17, 15) is 0 Å². The Kier molecular flexibility index (Phi) is 2.23. The zero-order valence-electron chi connectivity index (χ0n) is 11.1. The van der Waals surface area contributed by atoms with Gasteiger partial charge >= 0.3 is 0 Å². The fraction of sp³-hybridized carbons (Fsp3) is 0.263. The Labute approximate surface area is 114 Å². The van der Waals surface area contributed by atoms with E-state index < -0.39 is 0 Å². The van der Waals surface area contributed by atoms with Gasteiger partial charge in [-0.2, -0.15) is 0 Å². The molecule has 19 heavy (non-hydrogen) atoms. The smallest absolute Gasteiger partial charge is 0.00933 e. The summed E-state index contributed by atoms with van der Waals surface area (Å²) in [5.41, 5.74) is 6.20. The Morgan fingerprint density at radius 3 is 2.11 bits per heavy atom. The van der Waals surface area contributed by atoms with Gasteiger partial charge in [-0.05, 0) is 47.3 Å². The molecule has 2 fully saturated rings. The van der Waals surface area contributed by atoms with Gasteiger partial charge in [-0.3, -0.25) is 0 Å². The topological polar surface area (TPSA) is 0 Å². The van der Waals surface area contributed by atoms with Crippen LogP contribution in [0.1, 0.15) is 30.7 Å². The van der Waals surface area contributed by atoms with Gasteiger partial charge in [0.05, 0.1) is 0 Å². The summed E-state index contributed by atoms with van der Waals surface area (Å²) in [5, 5.41) is 0. The number of hydrogen-bond donors (Lipinski definition) is 0. The van der Waals surface area contributed by atoms with Gasteiger partial charge in [0.2, 0.25) is 0 Å². The van der Waals surface area contributed by atoms with Crippen LogP contribution in [-0.4, -0.2) is 0 Å². The molecule has 0 nitrogen and oxygen atoms in total. The van der Waals surface area contributed by atoms with E-state index in [1.165, 1.54) is 41.5 Å². The van der Waals surface area contributed by atoms with Crippen LogP contribution < -0.4 is 0 Å². The molecule has 0 aromatic heterocycles. The maximum absolute atomic E-state index is 4.08. The minimum absolute atomic E-state index is 0.616. The first-order valence-electron chi connectivity index (χ1n) is 7.09. The van der Waals surface area contributed by atoms with E-state index in [4.69, 9.17) is 0 Å². The van der Waals surface area contributed by atoms with Crippen LogP contribution in [0.2, 0.25) is 0 Å². The molecule has 0 amide bonds. The normalized spacial score (nSPS) is 23.2. The van der Waals surface area contributed by atoms with Gasteiger partial charge in [0.25, 0.3) is 0 Å². The second-order valence-corrected chi connectivity index (χ2v) is 6.21. The summed E-state index contributed by atoms with van der Waals surface area (Å²) in [6.07, 6.45) is 3.90. The molecule has 0 bridgehead atoms. The van der Waals surface area contributed by atoms with E-state index in [1.807, 2.05) is 0 Å². The molecule has 0 heterocycles. The molecule has 0 heteroatoms. The van der Waals surface area contributed by atoms with Gasteiger partial charge in [0.15, 0.2) is 0 Å². The van der Waals surface area contributed by atoms with Crippen molar-refractivity contribution >= 4 is 0 Å². The van der Waals surface area contributed by atoms with E-state index in [0.717, 1.165) is 5.92 Å². The highest BCUT2D eigenvalue weighted by Crippen LogP contribution is 2.71. The van der Waals surface area contributed by atoms with Crippen molar-refractivity contribution in [3.8, 4) is 11.1 Å². The van der Waals surface area contributed by atoms with Crippen molar-refractivity contribution in [2.45, 2.75) is 25.2 Å². The second kappa shape index (κ2) is 3.84. The molecule has 1 atom stereocenters. The summed E-state index contributed by atoms with van der Waals surface area (Å²) in [7, 11) is 0. The first kappa shape index (κ1) is 11.0. The summed E-state index contributed by atoms with van der Waals surface area (Å²) in [5.74, 6) is 0.794. The maximum Gasteiger partial charge on any atom is -0.00933 e. The molecule has 2 aliphatic carbocycles. The number of benzene rings is 2. The van der Waals surface area contributed by atoms with E-state index in [1.54, 1.807) is 0 Å². The van der Waals surface area contributed by atoms with Crippen LogP contribution in [0.25, 0.3) is 11.1 Å². The predicted molar refractivity (Wildman–Crippen MR) is 80.0 cm³/mol. The third-order valence-electron chi connectivity index (χ3n) is 4.81. The summed E-state index contributed by atoms with van der Waals surface area (Å²) in [6.45, 7) is 4.08. The number of allylic oxidation sites excluding steroid dienone is 1. The lowest BCUT2D eigenvalue weighted by molar-refractivity contribution is 0.380. The van der Waals surface area contributed by atoms with Gasteiger partial charge in [0, 0.05) is 0 Å². The lowest BCUT2D eigenvalue weighted by atomic mass is 9.75. The third kappa shape index (κ3) is 1.74. The van der Waals surface area contributed by atoms with Crippen LogP contribution in [0.5, 0.6) is 0 Å². The molecule has 1 unspecified atom stereocenters. The Balaban J connectivity index is 1.56. The Bertz CT molecular complexity index is 611. The molecule has 94 valence electrons. The van der Waals surface area contributed by atoms with Gasteiger partial charge in [-0.15, -0.1) is 0 Å². The summed E-state index contributed by atoms with van der Waals surface area (Å²) in [6, 6.07) is 19.8. The highest BCUT2D eigenvalue weighted by molar-refractivity contribution is 5.63. The molecule has 2 aromatic rings. The molecule has 4 rings (SSSR count). The van der Waals surface area contributed by atoms with Crippen LogP contribution in [0.4, 0.5) is 0 Å². The molecular weight excluding hydrogens is 228 g/mol. The first-order chi connectivity index (χ1) is 9.27. The van der Waals surface area contributed by atoms with Crippen molar-refractivity contribution in [2.75, 3.05) is 0 Å². The minimum atomic E-state index is 0.616. The zero-order chi connectivity index (χ0) is 12.9. The molecular formula is C19H18. The summed E-state index contributed by atoms with van der Waals surface area (Å²) < 4.78 is 0. The largest absolute Gasteiger partial charge is 0.0998 e. The van der Waals surface area contributed by atoms with Crippen LogP contribution in [0.3, 0.4) is 0 Å². The molecule has 2 aromatic carbocycles. The highest BCUT2D eigenvalue weighted by atomic mass is 14.6. The van der Waals surface area contributed by atoms with Gasteiger partial charge in [-0.25, -0.2) is 0 Å². The Morgan fingerprint density at radius 2 is 1.47 bits per heavy atom. The van der Waals surface area contributed by atoms with E-state index in [0.29, 0.717) is 5.41 Å². The van der Waals surface area contributed by atoms with Gasteiger partial charge < -0.3 is 0 Å². The molecule has 0 radical (unpaired) electrons. The average Bonchev–Trinajstić information content (AvgIpc) is 3.15. The van der Waals surface area contributed by atoms with Gasteiger partial charge in [-0.1, -0.05) is 66.7 Å². The highest BCUT2D eigenvalue weighted by Gasteiger charge is 2.59. The zero-order valence-corrected chi connectivity index (χ0v) is 11.1. The second-order valence-electron chi connectivity index (χ2n) is 6.21. The molecule has 0 aliphatic heterocycles. The fourth-order valence-electron chi connectivity index (χ4n) is 3.69. The molecule has 0 saturated heterocycles. The van der Waals surface area contributed by atoms with Crippen LogP contribution in [-0.2, 0) is 0 Å². The molecule has 1 spiro atoms. The van der Waals surface area contributed by atoms with Crippen molar-refractivity contribution in [1.29, 1.82) is 0 Å². The lowest BCUT2D eigenvalue weighted by Gasteiger charge is -2.30. The lowest BCUT2D eigenvalue weighted by Crippen LogP contribution is -2.16. The Morgan fingerprint density at radius 1 is 0.842 bits per heavy atom. The van der Waals surface area contributed by atoms with E-state index in [-0.39, 0.29) is 0 Å². The van der Waals surface area contributed by atoms with E-state index in [2.05, 4.69) is 61.2 Å². The van der Waals surface area contributed by atoms with Crippen molar-refractivity contribution in [3.05, 3.63) is 72.3 Å². The number of hydrogen-bond acceptors (Lipinski definition) is 0. The van der Waals surface area contributed by atoms with Crippen molar-refractivity contribution in [3.63, 3.8) is 0 Å². The SMILES string of the molecule is C=C1CC2(C1)CC2c1ccc(-c2ccccc2)cc1. The van der Waals surface area contributed by atoms with E-state index >= 15 is 0 Å². The predicted octanol–water partition coefficient (Wildman–Crippen LogP) is 5.18.